The first-order valence-electron chi connectivity index (χ1n) is 8.64. The van der Waals surface area contributed by atoms with Crippen molar-refractivity contribution in [2.75, 3.05) is 6.61 Å². The number of aromatic nitrogens is 2. The maximum atomic E-state index is 12.3. The van der Waals surface area contributed by atoms with Crippen molar-refractivity contribution >= 4 is 17.2 Å². The topological polar surface area (TPSA) is 95.3 Å². The Balaban J connectivity index is 1.55. The molecule has 0 saturated carbocycles. The van der Waals surface area contributed by atoms with Crippen LogP contribution in [0.4, 0.5) is 0 Å². The highest BCUT2D eigenvalue weighted by Crippen LogP contribution is 2.22. The van der Waals surface area contributed by atoms with Crippen LogP contribution in [0.2, 0.25) is 0 Å². The van der Waals surface area contributed by atoms with E-state index < -0.39 is 12.1 Å². The fraction of sp³-hybridized carbons (Fsp3) is 0.250. The Labute approximate surface area is 161 Å². The summed E-state index contributed by atoms with van der Waals surface area (Å²) in [6.07, 6.45) is 1.30. The van der Waals surface area contributed by atoms with Crippen molar-refractivity contribution in [3.63, 3.8) is 0 Å². The van der Waals surface area contributed by atoms with E-state index in [0.717, 1.165) is 16.3 Å². The van der Waals surface area contributed by atoms with Gasteiger partial charge in [0, 0.05) is 11.6 Å². The molecular formula is C20H21N3O3S. The van der Waals surface area contributed by atoms with E-state index in [1.54, 1.807) is 6.20 Å². The van der Waals surface area contributed by atoms with Gasteiger partial charge in [-0.1, -0.05) is 36.4 Å². The fourth-order valence-electron chi connectivity index (χ4n) is 2.70. The molecule has 140 valence electrons. The molecule has 2 atom stereocenters. The molecule has 6 nitrogen and oxygen atoms in total. The molecule has 3 aromatic rings. The number of nitrogens with one attached hydrogen (secondary N) is 1. The van der Waals surface area contributed by atoms with Crippen molar-refractivity contribution in [1.82, 2.24) is 15.3 Å². The number of carbonyl (C=O) groups excluding carboxylic acids is 1. The maximum Gasteiger partial charge on any atom is 0.226 e. The monoisotopic (exact) mass is 383 g/mol. The van der Waals surface area contributed by atoms with Gasteiger partial charge in [-0.25, -0.2) is 4.98 Å². The van der Waals surface area contributed by atoms with Gasteiger partial charge in [0.25, 0.3) is 0 Å². The highest BCUT2D eigenvalue weighted by Gasteiger charge is 2.18. The molecule has 0 saturated heterocycles. The zero-order valence-corrected chi connectivity index (χ0v) is 15.5. The summed E-state index contributed by atoms with van der Waals surface area (Å²) in [4.78, 5) is 21.0. The molecule has 0 aliphatic heterocycles. The molecule has 0 bridgehead atoms. The third-order valence-corrected chi connectivity index (χ3v) is 4.97. The van der Waals surface area contributed by atoms with Gasteiger partial charge < -0.3 is 15.5 Å². The smallest absolute Gasteiger partial charge is 0.226 e. The number of thiazole rings is 1. The Kier molecular flexibility index (Phi) is 6.64. The number of aliphatic hydroxyl groups excluding tert-OH is 2. The molecule has 7 heteroatoms. The maximum absolute atomic E-state index is 12.3. The van der Waals surface area contributed by atoms with Gasteiger partial charge in [0.2, 0.25) is 5.91 Å². The quantitative estimate of drug-likeness (QED) is 0.555. The van der Waals surface area contributed by atoms with Crippen molar-refractivity contribution in [2.45, 2.75) is 25.0 Å². The minimum Gasteiger partial charge on any atom is -0.394 e. The summed E-state index contributed by atoms with van der Waals surface area (Å²) in [5, 5.41) is 25.2. The van der Waals surface area contributed by atoms with E-state index in [0.29, 0.717) is 5.69 Å². The second-order valence-corrected chi connectivity index (χ2v) is 7.00. The summed E-state index contributed by atoms with van der Waals surface area (Å²) in [5.41, 5.74) is 2.18. The highest BCUT2D eigenvalue weighted by molar-refractivity contribution is 7.13. The van der Waals surface area contributed by atoms with Crippen molar-refractivity contribution < 1.29 is 15.0 Å². The Hall–Kier alpha value is -2.61. The van der Waals surface area contributed by atoms with Gasteiger partial charge in [-0.3, -0.25) is 9.78 Å². The number of aliphatic hydroxyl groups is 2. The second-order valence-electron chi connectivity index (χ2n) is 6.14. The summed E-state index contributed by atoms with van der Waals surface area (Å²) in [7, 11) is 0. The van der Waals surface area contributed by atoms with E-state index in [1.165, 1.54) is 11.3 Å². The molecule has 3 rings (SSSR count). The van der Waals surface area contributed by atoms with E-state index in [-0.39, 0.29) is 25.4 Å². The number of amides is 1. The van der Waals surface area contributed by atoms with Crippen LogP contribution >= 0.6 is 11.3 Å². The average Bonchev–Trinajstić information content (AvgIpc) is 3.17. The van der Waals surface area contributed by atoms with Crippen molar-refractivity contribution in [2.24, 2.45) is 0 Å². The summed E-state index contributed by atoms with van der Waals surface area (Å²) < 4.78 is 0. The number of benzene rings is 1. The van der Waals surface area contributed by atoms with Gasteiger partial charge in [-0.2, -0.15) is 0 Å². The third-order valence-electron chi connectivity index (χ3n) is 4.06. The van der Waals surface area contributed by atoms with Gasteiger partial charge in [0.05, 0.1) is 36.6 Å². The van der Waals surface area contributed by atoms with E-state index in [2.05, 4.69) is 15.3 Å². The molecule has 0 aliphatic rings. The first-order chi connectivity index (χ1) is 13.2. The lowest BCUT2D eigenvalue weighted by atomic mass is 10.0. The summed E-state index contributed by atoms with van der Waals surface area (Å²) in [6.45, 7) is -0.244. The standard InChI is InChI=1S/C20H21N3O3S/c24-12-15(10-18(25)14-6-2-1-3-7-14)22-19(26)11-16-13-27-20(23-16)17-8-4-5-9-21-17/h1-9,13,15,18,24-25H,10-12H2,(H,22,26)/t15-,18+/m1/s1. The Morgan fingerprint density at radius 2 is 1.93 bits per heavy atom. The number of pyridine rings is 1. The van der Waals surface area contributed by atoms with Crippen LogP contribution in [0.15, 0.2) is 60.1 Å². The zero-order valence-electron chi connectivity index (χ0n) is 14.7. The lowest BCUT2D eigenvalue weighted by Crippen LogP contribution is -2.39. The molecule has 0 spiro atoms. The number of hydrogen-bond donors (Lipinski definition) is 3. The molecule has 0 aliphatic carbocycles. The van der Waals surface area contributed by atoms with Crippen LogP contribution in [-0.2, 0) is 11.2 Å². The SMILES string of the molecule is O=C(Cc1csc(-c2ccccn2)n1)N[C@@H](CO)C[C@H](O)c1ccccc1. The Bertz CT molecular complexity index is 855. The number of hydrogen-bond acceptors (Lipinski definition) is 6. The minimum atomic E-state index is -0.751. The molecule has 0 fully saturated rings. The van der Waals surface area contributed by atoms with Crippen LogP contribution < -0.4 is 5.32 Å². The highest BCUT2D eigenvalue weighted by atomic mass is 32.1. The molecule has 0 unspecified atom stereocenters. The molecule has 27 heavy (non-hydrogen) atoms. The normalized spacial score (nSPS) is 13.1. The van der Waals surface area contributed by atoms with E-state index >= 15 is 0 Å². The first kappa shape index (κ1) is 19.2. The Morgan fingerprint density at radius 1 is 1.15 bits per heavy atom. The lowest BCUT2D eigenvalue weighted by molar-refractivity contribution is -0.121. The van der Waals surface area contributed by atoms with Gasteiger partial charge in [-0.15, -0.1) is 11.3 Å². The van der Waals surface area contributed by atoms with Crippen molar-refractivity contribution in [1.29, 1.82) is 0 Å². The molecule has 1 amide bonds. The van der Waals surface area contributed by atoms with Crippen molar-refractivity contribution in [3.8, 4) is 10.7 Å². The van der Waals surface area contributed by atoms with Gasteiger partial charge in [0.1, 0.15) is 5.01 Å². The second kappa shape index (κ2) is 9.36. The molecular weight excluding hydrogens is 362 g/mol. The predicted octanol–water partition coefficient (Wildman–Crippen LogP) is 2.35. The first-order valence-corrected chi connectivity index (χ1v) is 9.52. The van der Waals surface area contributed by atoms with Crippen LogP contribution in [0.1, 0.15) is 23.8 Å². The summed E-state index contributed by atoms with van der Waals surface area (Å²) in [6, 6.07) is 14.2. The van der Waals surface area contributed by atoms with E-state index in [9.17, 15) is 15.0 Å². The molecule has 2 heterocycles. The third kappa shape index (κ3) is 5.43. The summed E-state index contributed by atoms with van der Waals surface area (Å²) in [5.74, 6) is -0.243. The molecule has 0 radical (unpaired) electrons. The van der Waals surface area contributed by atoms with Gasteiger partial charge in [-0.05, 0) is 24.1 Å². The summed E-state index contributed by atoms with van der Waals surface area (Å²) >= 11 is 1.43. The average molecular weight is 383 g/mol. The lowest BCUT2D eigenvalue weighted by Gasteiger charge is -2.20. The largest absolute Gasteiger partial charge is 0.394 e. The van der Waals surface area contributed by atoms with Gasteiger partial charge in [0.15, 0.2) is 0 Å². The van der Waals surface area contributed by atoms with Gasteiger partial charge >= 0.3 is 0 Å². The van der Waals surface area contributed by atoms with Crippen molar-refractivity contribution in [3.05, 3.63) is 71.4 Å². The van der Waals surface area contributed by atoms with Crippen LogP contribution in [0, 0.1) is 0 Å². The van der Waals surface area contributed by atoms with Crippen LogP contribution in [-0.4, -0.2) is 38.7 Å². The zero-order chi connectivity index (χ0) is 19.1. The molecule has 3 N–H and O–H groups in total. The van der Waals surface area contributed by atoms with Crippen LogP contribution in [0.25, 0.3) is 10.7 Å². The van der Waals surface area contributed by atoms with Crippen LogP contribution in [0.3, 0.4) is 0 Å². The molecule has 1 aromatic carbocycles. The van der Waals surface area contributed by atoms with Crippen LogP contribution in [0.5, 0.6) is 0 Å². The Morgan fingerprint density at radius 3 is 2.63 bits per heavy atom. The minimum absolute atomic E-state index is 0.112. The number of rotatable bonds is 8. The number of nitrogens with zero attached hydrogens (tertiary/aromatic N) is 2. The predicted molar refractivity (Wildman–Crippen MR) is 104 cm³/mol. The van der Waals surface area contributed by atoms with E-state index in [4.69, 9.17) is 0 Å². The molecule has 2 aromatic heterocycles. The number of carbonyl (C=O) groups is 1. The van der Waals surface area contributed by atoms with E-state index in [1.807, 2.05) is 53.9 Å². The fourth-order valence-corrected chi connectivity index (χ4v) is 3.49.